The van der Waals surface area contributed by atoms with Crippen molar-refractivity contribution in [1.29, 1.82) is 0 Å². The third kappa shape index (κ3) is 3.95. The van der Waals surface area contributed by atoms with Gasteiger partial charge in [-0.3, -0.25) is 4.79 Å². The Morgan fingerprint density at radius 3 is 2.67 bits per heavy atom. The van der Waals surface area contributed by atoms with Crippen LogP contribution in [0.2, 0.25) is 0 Å². The van der Waals surface area contributed by atoms with Crippen LogP contribution in [0.3, 0.4) is 0 Å². The lowest BCUT2D eigenvalue weighted by Gasteiger charge is -2.25. The van der Waals surface area contributed by atoms with Gasteiger partial charge in [0.1, 0.15) is 5.76 Å². The summed E-state index contributed by atoms with van der Waals surface area (Å²) in [7, 11) is -2.18. The lowest BCUT2D eigenvalue weighted by Crippen LogP contribution is -2.30. The molecular weight excluding hydrogens is 386 g/mol. The van der Waals surface area contributed by atoms with Crippen molar-refractivity contribution in [2.24, 2.45) is 5.14 Å². The fraction of sp³-hybridized carbons (Fsp3) is 0.222. The summed E-state index contributed by atoms with van der Waals surface area (Å²) in [6.07, 6.45) is 0. The summed E-state index contributed by atoms with van der Waals surface area (Å²) in [5.74, 6) is 0.524. The number of amides is 1. The molecule has 2 heterocycles. The fourth-order valence-corrected chi connectivity index (χ4v) is 3.84. The number of oxazole rings is 1. The Balaban J connectivity index is 1.88. The van der Waals surface area contributed by atoms with E-state index in [0.29, 0.717) is 17.2 Å². The summed E-state index contributed by atoms with van der Waals surface area (Å²) < 4.78 is 28.8. The van der Waals surface area contributed by atoms with Crippen molar-refractivity contribution < 1.29 is 17.6 Å². The van der Waals surface area contributed by atoms with Crippen molar-refractivity contribution in [2.45, 2.75) is 24.8 Å². The van der Waals surface area contributed by atoms with E-state index < -0.39 is 10.0 Å². The Morgan fingerprint density at radius 1 is 1.30 bits per heavy atom. The van der Waals surface area contributed by atoms with Crippen LogP contribution in [0.25, 0.3) is 10.8 Å². The number of sulfonamides is 1. The molecule has 0 aliphatic heterocycles. The van der Waals surface area contributed by atoms with E-state index in [2.05, 4.69) is 4.98 Å². The molecule has 1 atom stereocenters. The Morgan fingerprint density at radius 2 is 2.04 bits per heavy atom. The lowest BCUT2D eigenvalue weighted by molar-refractivity contribution is 0.0735. The average Bonchev–Trinajstić information content (AvgIpc) is 3.28. The molecule has 27 heavy (non-hydrogen) atoms. The number of hydrogen-bond donors (Lipinski definition) is 1. The smallest absolute Gasteiger partial charge is 0.276 e. The number of rotatable bonds is 5. The SMILES string of the molecule is Cc1oc(-c2cccs2)nc1C(=O)N(C)C(C)c1cccc(S(N)(=O)=O)c1. The monoisotopic (exact) mass is 405 g/mol. The molecule has 1 aromatic carbocycles. The number of benzene rings is 1. The molecule has 0 fully saturated rings. The van der Waals surface area contributed by atoms with Gasteiger partial charge in [-0.15, -0.1) is 11.3 Å². The first-order valence-electron chi connectivity index (χ1n) is 8.09. The standard InChI is InChI=1S/C18H19N3O4S2/c1-11(13-6-4-7-14(10-13)27(19,23)24)21(3)18(22)16-12(2)25-17(20-16)15-8-5-9-26-15/h4-11H,1-3H3,(H2,19,23,24). The van der Waals surface area contributed by atoms with Gasteiger partial charge in [0, 0.05) is 7.05 Å². The molecule has 142 valence electrons. The molecule has 2 aromatic heterocycles. The van der Waals surface area contributed by atoms with Crippen LogP contribution in [0, 0.1) is 6.92 Å². The zero-order valence-electron chi connectivity index (χ0n) is 15.0. The first-order valence-corrected chi connectivity index (χ1v) is 10.5. The minimum absolute atomic E-state index is 0.00490. The molecule has 1 amide bonds. The van der Waals surface area contributed by atoms with Crippen LogP contribution in [0.4, 0.5) is 0 Å². The van der Waals surface area contributed by atoms with E-state index in [-0.39, 0.29) is 22.5 Å². The maximum atomic E-state index is 12.9. The van der Waals surface area contributed by atoms with Crippen LogP contribution < -0.4 is 5.14 Å². The van der Waals surface area contributed by atoms with Crippen LogP contribution in [-0.4, -0.2) is 31.3 Å². The van der Waals surface area contributed by atoms with Crippen LogP contribution in [0.1, 0.15) is 34.8 Å². The van der Waals surface area contributed by atoms with Crippen LogP contribution >= 0.6 is 11.3 Å². The molecule has 3 aromatic rings. The maximum absolute atomic E-state index is 12.9. The van der Waals surface area contributed by atoms with Gasteiger partial charge in [0.25, 0.3) is 5.91 Å². The quantitative estimate of drug-likeness (QED) is 0.701. The third-order valence-electron chi connectivity index (χ3n) is 4.30. The van der Waals surface area contributed by atoms with Gasteiger partial charge in [-0.25, -0.2) is 18.5 Å². The number of carbonyl (C=O) groups is 1. The molecule has 0 aliphatic rings. The molecule has 1 unspecified atom stereocenters. The van der Waals surface area contributed by atoms with Crippen molar-refractivity contribution in [3.8, 4) is 10.8 Å². The second-order valence-electron chi connectivity index (χ2n) is 6.11. The number of thiophene rings is 1. The molecular formula is C18H19N3O4S2. The van der Waals surface area contributed by atoms with Crippen molar-refractivity contribution in [2.75, 3.05) is 7.05 Å². The van der Waals surface area contributed by atoms with Crippen molar-refractivity contribution in [3.05, 3.63) is 58.8 Å². The van der Waals surface area contributed by atoms with Gasteiger partial charge in [-0.1, -0.05) is 18.2 Å². The average molecular weight is 406 g/mol. The summed E-state index contributed by atoms with van der Waals surface area (Å²) in [6.45, 7) is 3.49. The maximum Gasteiger partial charge on any atom is 0.276 e. The largest absolute Gasteiger partial charge is 0.440 e. The number of aromatic nitrogens is 1. The second kappa shape index (κ2) is 7.26. The Labute approximate surface area is 161 Å². The highest BCUT2D eigenvalue weighted by molar-refractivity contribution is 7.89. The van der Waals surface area contributed by atoms with Gasteiger partial charge >= 0.3 is 0 Å². The van der Waals surface area contributed by atoms with Crippen molar-refractivity contribution in [3.63, 3.8) is 0 Å². The highest BCUT2D eigenvalue weighted by Crippen LogP contribution is 2.28. The van der Waals surface area contributed by atoms with Crippen molar-refractivity contribution in [1.82, 2.24) is 9.88 Å². The second-order valence-corrected chi connectivity index (χ2v) is 8.62. The highest BCUT2D eigenvalue weighted by atomic mass is 32.2. The summed E-state index contributed by atoms with van der Waals surface area (Å²) in [5.41, 5.74) is 0.882. The molecule has 2 N–H and O–H groups in total. The van der Waals surface area contributed by atoms with E-state index in [9.17, 15) is 13.2 Å². The summed E-state index contributed by atoms with van der Waals surface area (Å²) in [4.78, 5) is 19.6. The topological polar surface area (TPSA) is 106 Å². The molecule has 3 rings (SSSR count). The number of carbonyl (C=O) groups excluding carboxylic acids is 1. The zero-order valence-corrected chi connectivity index (χ0v) is 16.7. The van der Waals surface area contributed by atoms with Gasteiger partial charge < -0.3 is 9.32 Å². The van der Waals surface area contributed by atoms with Crippen LogP contribution in [-0.2, 0) is 10.0 Å². The lowest BCUT2D eigenvalue weighted by atomic mass is 10.1. The summed E-state index contributed by atoms with van der Waals surface area (Å²) in [5, 5.41) is 7.10. The Hall–Kier alpha value is -2.49. The Kier molecular flexibility index (Phi) is 5.18. The van der Waals surface area contributed by atoms with E-state index >= 15 is 0 Å². The van der Waals surface area contributed by atoms with Crippen molar-refractivity contribution >= 4 is 27.3 Å². The predicted molar refractivity (Wildman–Crippen MR) is 103 cm³/mol. The van der Waals surface area contributed by atoms with E-state index in [1.165, 1.54) is 28.4 Å². The molecule has 7 nitrogen and oxygen atoms in total. The molecule has 0 aliphatic carbocycles. The highest BCUT2D eigenvalue weighted by Gasteiger charge is 2.25. The van der Waals surface area contributed by atoms with Crippen LogP contribution in [0.5, 0.6) is 0 Å². The molecule has 0 radical (unpaired) electrons. The van der Waals surface area contributed by atoms with E-state index in [1.54, 1.807) is 33.0 Å². The van der Waals surface area contributed by atoms with Gasteiger partial charge in [0.2, 0.25) is 15.9 Å². The first-order chi connectivity index (χ1) is 12.7. The molecule has 0 spiro atoms. The number of nitrogens with zero attached hydrogens (tertiary/aromatic N) is 2. The number of hydrogen-bond acceptors (Lipinski definition) is 6. The van der Waals surface area contributed by atoms with Gasteiger partial charge in [0.15, 0.2) is 5.69 Å². The van der Waals surface area contributed by atoms with E-state index in [0.717, 1.165) is 4.88 Å². The van der Waals surface area contributed by atoms with Crippen LogP contribution in [0.15, 0.2) is 51.1 Å². The normalized spacial score (nSPS) is 12.7. The molecule has 0 saturated carbocycles. The first kappa shape index (κ1) is 19.3. The number of nitrogens with two attached hydrogens (primary N) is 1. The minimum Gasteiger partial charge on any atom is -0.440 e. The third-order valence-corrected chi connectivity index (χ3v) is 6.07. The van der Waals surface area contributed by atoms with Gasteiger partial charge in [-0.2, -0.15) is 0 Å². The minimum atomic E-state index is -3.82. The number of primary sulfonamides is 1. The fourth-order valence-electron chi connectivity index (χ4n) is 2.62. The zero-order chi connectivity index (χ0) is 19.8. The summed E-state index contributed by atoms with van der Waals surface area (Å²) >= 11 is 1.48. The van der Waals surface area contributed by atoms with E-state index in [4.69, 9.17) is 9.56 Å². The van der Waals surface area contributed by atoms with Gasteiger partial charge in [-0.05, 0) is 43.0 Å². The van der Waals surface area contributed by atoms with E-state index in [1.807, 2.05) is 17.5 Å². The molecule has 0 saturated heterocycles. The molecule has 0 bridgehead atoms. The Bertz CT molecular complexity index is 1070. The van der Waals surface area contributed by atoms with Gasteiger partial charge in [0.05, 0.1) is 15.8 Å². The predicted octanol–water partition coefficient (Wildman–Crippen LogP) is 3.19. The summed E-state index contributed by atoms with van der Waals surface area (Å²) in [6, 6.07) is 9.60. The number of aryl methyl sites for hydroxylation is 1. The molecule has 9 heteroatoms.